The third-order valence-electron chi connectivity index (χ3n) is 5.11. The van der Waals surface area contributed by atoms with E-state index in [0.717, 1.165) is 38.5 Å². The van der Waals surface area contributed by atoms with Gasteiger partial charge in [-0.3, -0.25) is 9.80 Å². The Morgan fingerprint density at radius 3 is 2.52 bits per heavy atom. The molecule has 29 heavy (non-hydrogen) atoms. The molecule has 0 unspecified atom stereocenters. The molecule has 154 valence electrons. The van der Waals surface area contributed by atoms with E-state index in [9.17, 15) is 8.42 Å². The van der Waals surface area contributed by atoms with Gasteiger partial charge in [0.1, 0.15) is 16.5 Å². The van der Waals surface area contributed by atoms with Crippen LogP contribution in [0.2, 0.25) is 5.02 Å². The summed E-state index contributed by atoms with van der Waals surface area (Å²) in [5.41, 5.74) is 1.74. The van der Waals surface area contributed by atoms with Gasteiger partial charge in [-0.05, 0) is 35.9 Å². The predicted molar refractivity (Wildman–Crippen MR) is 114 cm³/mol. The molecule has 0 aliphatic carbocycles. The molecule has 0 aromatic heterocycles. The van der Waals surface area contributed by atoms with E-state index in [0.29, 0.717) is 23.1 Å². The van der Waals surface area contributed by atoms with E-state index in [1.165, 1.54) is 11.6 Å². The lowest BCUT2D eigenvalue weighted by molar-refractivity contribution is 0.140. The number of piperazine rings is 1. The van der Waals surface area contributed by atoms with E-state index in [-0.39, 0.29) is 4.90 Å². The fourth-order valence-electron chi connectivity index (χ4n) is 3.60. The van der Waals surface area contributed by atoms with Crippen LogP contribution in [0.15, 0.2) is 51.8 Å². The second-order valence-corrected chi connectivity index (χ2v) is 9.19. The second-order valence-electron chi connectivity index (χ2n) is 7.18. The summed E-state index contributed by atoms with van der Waals surface area (Å²) < 4.78 is 34.2. The number of halogens is 1. The van der Waals surface area contributed by atoms with Crippen molar-refractivity contribution in [3.8, 4) is 5.75 Å². The summed E-state index contributed by atoms with van der Waals surface area (Å²) in [4.78, 5) is 4.72. The van der Waals surface area contributed by atoms with Crippen molar-refractivity contribution < 1.29 is 13.2 Å². The number of fused-ring (bicyclic) bond motifs is 1. The number of nitrogens with zero attached hydrogens (tertiary/aromatic N) is 3. The Labute approximate surface area is 176 Å². The molecule has 0 atom stereocenters. The molecular formula is C20H23ClN4O3S. The molecule has 1 fully saturated rings. The summed E-state index contributed by atoms with van der Waals surface area (Å²) in [5.74, 6) is 1.31. The summed E-state index contributed by atoms with van der Waals surface area (Å²) in [5, 5.41) is 3.51. The maximum absolute atomic E-state index is 12.5. The number of amidine groups is 1. The summed E-state index contributed by atoms with van der Waals surface area (Å²) in [6.45, 7) is 4.84. The van der Waals surface area contributed by atoms with Gasteiger partial charge < -0.3 is 10.1 Å². The minimum atomic E-state index is -3.73. The van der Waals surface area contributed by atoms with Gasteiger partial charge in [-0.25, -0.2) is 0 Å². The zero-order chi connectivity index (χ0) is 20.4. The zero-order valence-corrected chi connectivity index (χ0v) is 17.7. The number of hydrogen-bond acceptors (Lipinski definition) is 6. The van der Waals surface area contributed by atoms with Gasteiger partial charge in [0, 0.05) is 37.7 Å². The molecule has 1 N–H and O–H groups in total. The monoisotopic (exact) mass is 434 g/mol. The minimum absolute atomic E-state index is 0.122. The Morgan fingerprint density at radius 2 is 1.79 bits per heavy atom. The van der Waals surface area contributed by atoms with Crippen LogP contribution in [0.25, 0.3) is 0 Å². The fraction of sp³-hybridized carbons (Fsp3) is 0.350. The quantitative estimate of drug-likeness (QED) is 0.779. The van der Waals surface area contributed by atoms with Crippen molar-refractivity contribution in [3.05, 3.63) is 53.1 Å². The van der Waals surface area contributed by atoms with E-state index in [1.54, 1.807) is 19.2 Å². The first-order valence-electron chi connectivity index (χ1n) is 9.41. The standard InChI is InChI=1S/C20H23ClN4O3S/c1-28-17-4-2-3-15(11-17)13-24-7-9-25(10-8-24)14-20-22-18-6-5-16(21)12-19(18)29(26,27)23-20/h2-6,11-12H,7-10,13-14H2,1H3,(H,22,23). The van der Waals surface area contributed by atoms with E-state index in [1.807, 2.05) is 12.1 Å². The van der Waals surface area contributed by atoms with E-state index >= 15 is 0 Å². The molecule has 0 radical (unpaired) electrons. The SMILES string of the molecule is COc1cccc(CN2CCN(CC3=NS(=O)(=O)c4cc(Cl)ccc4N3)CC2)c1. The molecular weight excluding hydrogens is 412 g/mol. The van der Waals surface area contributed by atoms with Crippen molar-refractivity contribution in [2.45, 2.75) is 11.4 Å². The van der Waals surface area contributed by atoms with Crippen LogP contribution >= 0.6 is 11.6 Å². The average molecular weight is 435 g/mol. The Kier molecular flexibility index (Phi) is 5.78. The highest BCUT2D eigenvalue weighted by atomic mass is 35.5. The summed E-state index contributed by atoms with van der Waals surface area (Å²) in [6, 6.07) is 12.9. The smallest absolute Gasteiger partial charge is 0.286 e. The Balaban J connectivity index is 1.35. The first-order valence-corrected chi connectivity index (χ1v) is 11.2. The van der Waals surface area contributed by atoms with Gasteiger partial charge in [-0.2, -0.15) is 8.42 Å². The molecule has 2 aliphatic heterocycles. The highest BCUT2D eigenvalue weighted by Crippen LogP contribution is 2.30. The van der Waals surface area contributed by atoms with Crippen molar-refractivity contribution in [2.24, 2.45) is 4.40 Å². The van der Waals surface area contributed by atoms with Crippen LogP contribution in [0, 0.1) is 0 Å². The van der Waals surface area contributed by atoms with Crippen molar-refractivity contribution in [1.82, 2.24) is 9.80 Å². The molecule has 0 amide bonds. The van der Waals surface area contributed by atoms with E-state index in [2.05, 4.69) is 31.6 Å². The Morgan fingerprint density at radius 1 is 1.07 bits per heavy atom. The first-order chi connectivity index (χ1) is 13.9. The Hall–Kier alpha value is -2.13. The molecule has 9 heteroatoms. The summed E-state index contributed by atoms with van der Waals surface area (Å²) >= 11 is 5.92. The lowest BCUT2D eigenvalue weighted by Gasteiger charge is -2.35. The summed E-state index contributed by atoms with van der Waals surface area (Å²) in [6.07, 6.45) is 0. The molecule has 2 aliphatic rings. The number of benzene rings is 2. The van der Waals surface area contributed by atoms with Crippen LogP contribution < -0.4 is 10.1 Å². The van der Waals surface area contributed by atoms with E-state index < -0.39 is 10.0 Å². The third-order valence-corrected chi connectivity index (χ3v) is 6.70. The van der Waals surface area contributed by atoms with E-state index in [4.69, 9.17) is 16.3 Å². The van der Waals surface area contributed by atoms with Crippen molar-refractivity contribution in [3.63, 3.8) is 0 Å². The number of hydrogen-bond donors (Lipinski definition) is 1. The van der Waals surface area contributed by atoms with Crippen LogP contribution in [0.4, 0.5) is 5.69 Å². The first kappa shape index (κ1) is 20.2. The number of sulfonamides is 1. The maximum atomic E-state index is 12.5. The largest absolute Gasteiger partial charge is 0.497 e. The molecule has 2 aromatic carbocycles. The topological polar surface area (TPSA) is 74.2 Å². The molecule has 1 saturated heterocycles. The van der Waals surface area contributed by atoms with Crippen LogP contribution in [0.5, 0.6) is 5.75 Å². The number of rotatable bonds is 5. The predicted octanol–water partition coefficient (Wildman–Crippen LogP) is 2.68. The number of methoxy groups -OCH3 is 1. The van der Waals surface area contributed by atoms with Gasteiger partial charge in [0.15, 0.2) is 0 Å². The molecule has 0 bridgehead atoms. The third kappa shape index (κ3) is 4.72. The van der Waals surface area contributed by atoms with Crippen LogP contribution in [0.3, 0.4) is 0 Å². The van der Waals surface area contributed by atoms with Crippen molar-refractivity contribution >= 4 is 33.1 Å². The van der Waals surface area contributed by atoms with Gasteiger partial charge in [0.05, 0.1) is 19.3 Å². The maximum Gasteiger partial charge on any atom is 0.286 e. The lowest BCUT2D eigenvalue weighted by Crippen LogP contribution is -2.48. The molecule has 0 saturated carbocycles. The lowest BCUT2D eigenvalue weighted by atomic mass is 10.2. The van der Waals surface area contributed by atoms with Gasteiger partial charge in [0.2, 0.25) is 0 Å². The van der Waals surface area contributed by atoms with Gasteiger partial charge in [0.25, 0.3) is 10.0 Å². The molecule has 0 spiro atoms. The normalized spacial score (nSPS) is 19.2. The van der Waals surface area contributed by atoms with Gasteiger partial charge >= 0.3 is 0 Å². The Bertz CT molecular complexity index is 1030. The molecule has 7 nitrogen and oxygen atoms in total. The van der Waals surface area contributed by atoms with Crippen molar-refractivity contribution in [1.29, 1.82) is 0 Å². The van der Waals surface area contributed by atoms with Crippen LogP contribution in [0.1, 0.15) is 5.56 Å². The summed E-state index contributed by atoms with van der Waals surface area (Å²) in [7, 11) is -2.06. The number of anilines is 1. The van der Waals surface area contributed by atoms with Crippen LogP contribution in [-0.4, -0.2) is 63.9 Å². The molecule has 4 rings (SSSR count). The highest BCUT2D eigenvalue weighted by Gasteiger charge is 2.27. The minimum Gasteiger partial charge on any atom is -0.497 e. The zero-order valence-electron chi connectivity index (χ0n) is 16.1. The number of ether oxygens (including phenoxy) is 1. The molecule has 2 heterocycles. The second kappa shape index (κ2) is 8.31. The van der Waals surface area contributed by atoms with Gasteiger partial charge in [-0.1, -0.05) is 23.7 Å². The molecule has 2 aromatic rings. The van der Waals surface area contributed by atoms with Gasteiger partial charge in [-0.15, -0.1) is 4.40 Å². The highest BCUT2D eigenvalue weighted by molar-refractivity contribution is 7.90. The average Bonchev–Trinajstić information content (AvgIpc) is 2.70. The van der Waals surface area contributed by atoms with Crippen LogP contribution in [-0.2, 0) is 16.6 Å². The number of nitrogens with one attached hydrogen (secondary N) is 1. The fourth-order valence-corrected chi connectivity index (χ4v) is 5.00. The van der Waals surface area contributed by atoms with Crippen molar-refractivity contribution in [2.75, 3.05) is 45.2 Å².